The molecule has 0 aromatic carbocycles. The van der Waals surface area contributed by atoms with Crippen LogP contribution in [0.1, 0.15) is 50.6 Å². The van der Waals surface area contributed by atoms with Crippen molar-refractivity contribution in [3.05, 3.63) is 30.1 Å². The van der Waals surface area contributed by atoms with Crippen molar-refractivity contribution in [2.24, 2.45) is 5.92 Å². The van der Waals surface area contributed by atoms with E-state index in [2.05, 4.69) is 10.3 Å². The fraction of sp³-hybridized carbons (Fsp3) is 0.667. The van der Waals surface area contributed by atoms with Crippen molar-refractivity contribution >= 4 is 6.09 Å². The first-order chi connectivity index (χ1) is 11.2. The smallest absolute Gasteiger partial charge is 0.407 e. The number of hydrogen-bond acceptors (Lipinski definition) is 4. The molecule has 0 spiro atoms. The number of hydrogen-bond donors (Lipinski definition) is 2. The van der Waals surface area contributed by atoms with E-state index in [9.17, 15) is 9.90 Å². The van der Waals surface area contributed by atoms with Crippen LogP contribution in [-0.2, 0) is 11.2 Å². The number of nitrogens with zero attached hydrogens (tertiary/aromatic N) is 1. The number of alkyl carbamates (subject to hydrolysis) is 1. The lowest BCUT2D eigenvalue weighted by Gasteiger charge is -2.27. The van der Waals surface area contributed by atoms with Gasteiger partial charge in [0, 0.05) is 11.9 Å². The summed E-state index contributed by atoms with van der Waals surface area (Å²) < 4.78 is 5.35. The molecule has 2 N–H and O–H groups in total. The molecule has 1 aromatic rings. The summed E-state index contributed by atoms with van der Waals surface area (Å²) >= 11 is 0. The van der Waals surface area contributed by atoms with Crippen LogP contribution in [0.3, 0.4) is 0 Å². The van der Waals surface area contributed by atoms with Gasteiger partial charge in [-0.05, 0) is 37.3 Å². The van der Waals surface area contributed by atoms with Gasteiger partial charge in [0.15, 0.2) is 0 Å². The Hall–Kier alpha value is -1.62. The molecule has 1 aromatic heterocycles. The van der Waals surface area contributed by atoms with Crippen molar-refractivity contribution in [3.63, 3.8) is 0 Å². The fourth-order valence-corrected chi connectivity index (χ4v) is 3.80. The minimum absolute atomic E-state index is 0.0654. The maximum Gasteiger partial charge on any atom is 0.407 e. The molecule has 2 fully saturated rings. The highest BCUT2D eigenvalue weighted by atomic mass is 16.6. The summed E-state index contributed by atoms with van der Waals surface area (Å²) in [6, 6.07) is 5.70. The number of cyclic esters (lactones) is 1. The number of aliphatic hydroxyl groups is 1. The van der Waals surface area contributed by atoms with Crippen LogP contribution in [0.25, 0.3) is 0 Å². The summed E-state index contributed by atoms with van der Waals surface area (Å²) in [5, 5.41) is 13.4. The van der Waals surface area contributed by atoms with E-state index in [4.69, 9.17) is 4.74 Å². The predicted molar refractivity (Wildman–Crippen MR) is 86.9 cm³/mol. The highest BCUT2D eigenvalue weighted by Crippen LogP contribution is 2.30. The third kappa shape index (κ3) is 4.44. The van der Waals surface area contributed by atoms with Gasteiger partial charge in [-0.1, -0.05) is 38.2 Å². The van der Waals surface area contributed by atoms with E-state index in [1.807, 2.05) is 18.2 Å². The molecular formula is C18H26N2O3. The number of amides is 1. The number of pyridine rings is 1. The molecule has 2 aliphatic rings. The third-order valence-electron chi connectivity index (χ3n) is 5.06. The van der Waals surface area contributed by atoms with Gasteiger partial charge in [-0.15, -0.1) is 0 Å². The molecule has 5 heteroatoms. The average Bonchev–Trinajstić information content (AvgIpc) is 2.95. The minimum Gasteiger partial charge on any atom is -0.441 e. The lowest BCUT2D eigenvalue weighted by Crippen LogP contribution is -2.41. The Bertz CT molecular complexity index is 502. The molecular weight excluding hydrogens is 292 g/mol. The number of aliphatic hydroxyl groups excluding tert-OH is 1. The quantitative estimate of drug-likeness (QED) is 0.846. The summed E-state index contributed by atoms with van der Waals surface area (Å²) in [6.07, 6.45) is 8.75. The Morgan fingerprint density at radius 3 is 2.87 bits per heavy atom. The summed E-state index contributed by atoms with van der Waals surface area (Å²) in [5.74, 6) is 0.640. The minimum atomic E-state index is -0.649. The van der Waals surface area contributed by atoms with Crippen molar-refractivity contribution in [2.45, 2.75) is 69.6 Å². The highest BCUT2D eigenvalue weighted by molar-refractivity contribution is 5.70. The molecule has 23 heavy (non-hydrogen) atoms. The first-order valence-electron chi connectivity index (χ1n) is 8.77. The summed E-state index contributed by atoms with van der Waals surface area (Å²) in [4.78, 5) is 15.9. The summed E-state index contributed by atoms with van der Waals surface area (Å²) in [5.41, 5.74) is 0.952. The van der Waals surface area contributed by atoms with Crippen molar-refractivity contribution in [1.82, 2.24) is 10.3 Å². The van der Waals surface area contributed by atoms with Gasteiger partial charge < -0.3 is 15.2 Å². The Kier molecular flexibility index (Phi) is 5.49. The van der Waals surface area contributed by atoms with E-state index < -0.39 is 18.3 Å². The van der Waals surface area contributed by atoms with E-state index in [0.29, 0.717) is 18.8 Å². The first-order valence-corrected chi connectivity index (χ1v) is 8.77. The van der Waals surface area contributed by atoms with Gasteiger partial charge in [0.25, 0.3) is 0 Å². The second-order valence-corrected chi connectivity index (χ2v) is 6.79. The molecule has 5 nitrogen and oxygen atoms in total. The van der Waals surface area contributed by atoms with Crippen LogP contribution in [0.15, 0.2) is 24.4 Å². The SMILES string of the molecule is O=C1N[C@@H](CC2CCCCC2)[C@H]([C@H](O)CCc2ccccn2)O1. The van der Waals surface area contributed by atoms with Gasteiger partial charge >= 0.3 is 6.09 Å². The molecule has 1 aliphatic heterocycles. The topological polar surface area (TPSA) is 71.5 Å². The van der Waals surface area contributed by atoms with Gasteiger partial charge in [0.2, 0.25) is 0 Å². The van der Waals surface area contributed by atoms with E-state index in [1.54, 1.807) is 6.20 Å². The standard InChI is InChI=1S/C18H26N2O3/c21-16(10-9-14-8-4-5-11-19-14)17-15(20-18(22)23-17)12-13-6-2-1-3-7-13/h4-5,8,11,13,15-17,21H,1-3,6-7,9-10,12H2,(H,20,22)/t15-,16+,17+/m0/s1. The Morgan fingerprint density at radius 1 is 1.30 bits per heavy atom. The van der Waals surface area contributed by atoms with E-state index >= 15 is 0 Å². The Morgan fingerprint density at radius 2 is 2.13 bits per heavy atom. The van der Waals surface area contributed by atoms with Gasteiger partial charge in [-0.3, -0.25) is 4.98 Å². The van der Waals surface area contributed by atoms with E-state index in [1.165, 1.54) is 32.1 Å². The molecule has 3 atom stereocenters. The van der Waals surface area contributed by atoms with Crippen LogP contribution < -0.4 is 5.32 Å². The highest BCUT2D eigenvalue weighted by Gasteiger charge is 2.39. The van der Waals surface area contributed by atoms with Crippen LogP contribution in [0.4, 0.5) is 4.79 Å². The first kappa shape index (κ1) is 16.2. The number of carbonyl (C=O) groups is 1. The lowest BCUT2D eigenvalue weighted by atomic mass is 9.83. The Labute approximate surface area is 137 Å². The lowest BCUT2D eigenvalue weighted by molar-refractivity contribution is 0.0105. The molecule has 1 aliphatic carbocycles. The monoisotopic (exact) mass is 318 g/mol. The number of carbonyl (C=O) groups excluding carboxylic acids is 1. The molecule has 0 bridgehead atoms. The second kappa shape index (κ2) is 7.77. The third-order valence-corrected chi connectivity index (χ3v) is 5.06. The fourth-order valence-electron chi connectivity index (χ4n) is 3.80. The summed E-state index contributed by atoms with van der Waals surface area (Å²) in [6.45, 7) is 0. The molecule has 0 unspecified atom stereocenters. The zero-order chi connectivity index (χ0) is 16.1. The molecule has 1 saturated carbocycles. The zero-order valence-corrected chi connectivity index (χ0v) is 13.5. The predicted octanol–water partition coefficient (Wildman–Crippen LogP) is 2.82. The van der Waals surface area contributed by atoms with Gasteiger partial charge in [0.1, 0.15) is 6.10 Å². The number of rotatable bonds is 6. The van der Waals surface area contributed by atoms with Gasteiger partial charge in [-0.25, -0.2) is 4.79 Å². The normalized spacial score (nSPS) is 26.6. The van der Waals surface area contributed by atoms with Crippen molar-refractivity contribution in [2.75, 3.05) is 0 Å². The number of aromatic nitrogens is 1. The van der Waals surface area contributed by atoms with Crippen molar-refractivity contribution in [1.29, 1.82) is 0 Å². The molecule has 1 amide bonds. The maximum atomic E-state index is 11.6. The maximum absolute atomic E-state index is 11.6. The molecule has 2 heterocycles. The van der Waals surface area contributed by atoms with E-state index in [-0.39, 0.29) is 6.04 Å². The molecule has 126 valence electrons. The molecule has 0 radical (unpaired) electrons. The van der Waals surface area contributed by atoms with Crippen LogP contribution >= 0.6 is 0 Å². The van der Waals surface area contributed by atoms with Gasteiger partial charge in [0.05, 0.1) is 12.1 Å². The number of aryl methyl sites for hydroxylation is 1. The van der Waals surface area contributed by atoms with Crippen LogP contribution in [0, 0.1) is 5.92 Å². The Balaban J connectivity index is 1.54. The zero-order valence-electron chi connectivity index (χ0n) is 13.5. The largest absolute Gasteiger partial charge is 0.441 e. The number of ether oxygens (including phenoxy) is 1. The number of nitrogens with one attached hydrogen (secondary N) is 1. The van der Waals surface area contributed by atoms with Gasteiger partial charge in [-0.2, -0.15) is 0 Å². The van der Waals surface area contributed by atoms with Crippen molar-refractivity contribution < 1.29 is 14.6 Å². The second-order valence-electron chi connectivity index (χ2n) is 6.79. The van der Waals surface area contributed by atoms with Crippen molar-refractivity contribution in [3.8, 4) is 0 Å². The molecule has 1 saturated heterocycles. The van der Waals surface area contributed by atoms with Crippen LogP contribution in [0.2, 0.25) is 0 Å². The van der Waals surface area contributed by atoms with E-state index in [0.717, 1.165) is 12.1 Å². The average molecular weight is 318 g/mol. The van der Waals surface area contributed by atoms with Crippen LogP contribution in [0.5, 0.6) is 0 Å². The molecule has 3 rings (SSSR count). The summed E-state index contributed by atoms with van der Waals surface area (Å²) in [7, 11) is 0. The van der Waals surface area contributed by atoms with Crippen LogP contribution in [-0.4, -0.2) is 34.4 Å².